The predicted octanol–water partition coefficient (Wildman–Crippen LogP) is 3.34. The zero-order chi connectivity index (χ0) is 14.5. The van der Waals surface area contributed by atoms with Crippen molar-refractivity contribution < 1.29 is 4.79 Å². The van der Waals surface area contributed by atoms with Crippen LogP contribution in [-0.4, -0.2) is 30.9 Å². The predicted molar refractivity (Wildman–Crippen MR) is 83.1 cm³/mol. The van der Waals surface area contributed by atoms with Gasteiger partial charge in [0.25, 0.3) is 0 Å². The number of benzene rings is 1. The quantitative estimate of drug-likeness (QED) is 0.924. The highest BCUT2D eigenvalue weighted by Gasteiger charge is 2.19. The van der Waals surface area contributed by atoms with Crippen molar-refractivity contribution in [3.63, 3.8) is 0 Å². The summed E-state index contributed by atoms with van der Waals surface area (Å²) in [5.74, 6) is 0.609. The second kappa shape index (κ2) is 7.30. The molecule has 2 rings (SSSR count). The summed E-state index contributed by atoms with van der Waals surface area (Å²) in [6, 6.07) is 5.33. The summed E-state index contributed by atoms with van der Waals surface area (Å²) in [5.41, 5.74) is 0.896. The Balaban J connectivity index is 1.77. The molecule has 0 radical (unpaired) electrons. The molecule has 0 aromatic heterocycles. The van der Waals surface area contributed by atoms with E-state index in [1.807, 2.05) is 6.07 Å². The molecule has 0 saturated carbocycles. The molecule has 1 heterocycles. The number of hydrogen-bond acceptors (Lipinski definition) is 2. The standard InChI is InChI=1S/C15H20Cl2N2O/c1-19-6-4-11(5-7-19)8-15(20)18-10-12-2-3-13(16)9-14(12)17/h2-3,9,11H,4-8,10H2,1H3,(H,18,20). The summed E-state index contributed by atoms with van der Waals surface area (Å²) >= 11 is 11.9. The van der Waals surface area contributed by atoms with Gasteiger partial charge in [0, 0.05) is 23.0 Å². The van der Waals surface area contributed by atoms with E-state index in [0.29, 0.717) is 28.9 Å². The van der Waals surface area contributed by atoms with Gasteiger partial charge in [0.2, 0.25) is 5.91 Å². The summed E-state index contributed by atoms with van der Waals surface area (Å²) in [6.45, 7) is 2.63. The van der Waals surface area contributed by atoms with Crippen LogP contribution in [0.5, 0.6) is 0 Å². The van der Waals surface area contributed by atoms with Crippen molar-refractivity contribution in [1.29, 1.82) is 0 Å². The Labute approximate surface area is 130 Å². The third-order valence-corrected chi connectivity index (χ3v) is 4.39. The second-order valence-corrected chi connectivity index (χ2v) is 6.31. The minimum absolute atomic E-state index is 0.102. The van der Waals surface area contributed by atoms with Gasteiger partial charge in [-0.3, -0.25) is 4.79 Å². The Morgan fingerprint density at radius 2 is 2.05 bits per heavy atom. The van der Waals surface area contributed by atoms with E-state index in [4.69, 9.17) is 23.2 Å². The van der Waals surface area contributed by atoms with Gasteiger partial charge in [0.1, 0.15) is 0 Å². The van der Waals surface area contributed by atoms with Crippen molar-refractivity contribution >= 4 is 29.1 Å². The number of amides is 1. The van der Waals surface area contributed by atoms with Gasteiger partial charge in [0.05, 0.1) is 0 Å². The molecule has 1 aromatic carbocycles. The maximum absolute atomic E-state index is 12.0. The number of piperidine rings is 1. The van der Waals surface area contributed by atoms with Gasteiger partial charge in [-0.15, -0.1) is 0 Å². The van der Waals surface area contributed by atoms with Crippen LogP contribution >= 0.6 is 23.2 Å². The minimum Gasteiger partial charge on any atom is -0.352 e. The number of likely N-dealkylation sites (tertiary alicyclic amines) is 1. The zero-order valence-electron chi connectivity index (χ0n) is 11.7. The van der Waals surface area contributed by atoms with Crippen LogP contribution in [-0.2, 0) is 11.3 Å². The summed E-state index contributed by atoms with van der Waals surface area (Å²) in [4.78, 5) is 14.3. The molecule has 0 bridgehead atoms. The van der Waals surface area contributed by atoms with Crippen LogP contribution in [0.3, 0.4) is 0 Å². The first kappa shape index (κ1) is 15.6. The Morgan fingerprint density at radius 3 is 2.70 bits per heavy atom. The Morgan fingerprint density at radius 1 is 1.35 bits per heavy atom. The van der Waals surface area contributed by atoms with Gasteiger partial charge in [-0.05, 0) is 56.6 Å². The number of nitrogens with zero attached hydrogens (tertiary/aromatic N) is 1. The number of nitrogens with one attached hydrogen (secondary N) is 1. The number of rotatable bonds is 4. The van der Waals surface area contributed by atoms with Crippen LogP contribution < -0.4 is 5.32 Å². The van der Waals surface area contributed by atoms with Gasteiger partial charge in [-0.25, -0.2) is 0 Å². The van der Waals surface area contributed by atoms with Gasteiger partial charge in [-0.1, -0.05) is 29.3 Å². The van der Waals surface area contributed by atoms with E-state index in [9.17, 15) is 4.79 Å². The zero-order valence-corrected chi connectivity index (χ0v) is 13.2. The largest absolute Gasteiger partial charge is 0.352 e. The second-order valence-electron chi connectivity index (χ2n) is 5.46. The van der Waals surface area contributed by atoms with Gasteiger partial charge >= 0.3 is 0 Å². The van der Waals surface area contributed by atoms with E-state index in [1.54, 1.807) is 12.1 Å². The lowest BCUT2D eigenvalue weighted by Crippen LogP contribution is -2.33. The number of carbonyl (C=O) groups is 1. The third kappa shape index (κ3) is 4.65. The number of hydrogen-bond donors (Lipinski definition) is 1. The van der Waals surface area contributed by atoms with Crippen molar-refractivity contribution in [2.45, 2.75) is 25.8 Å². The molecule has 1 amide bonds. The van der Waals surface area contributed by atoms with Crippen LogP contribution in [0, 0.1) is 5.92 Å². The van der Waals surface area contributed by atoms with E-state index in [1.165, 1.54) is 0 Å². The van der Waals surface area contributed by atoms with Crippen LogP contribution in [0.4, 0.5) is 0 Å². The summed E-state index contributed by atoms with van der Waals surface area (Å²) in [6.07, 6.45) is 2.82. The van der Waals surface area contributed by atoms with E-state index in [2.05, 4.69) is 17.3 Å². The molecule has 0 spiro atoms. The fourth-order valence-electron chi connectivity index (χ4n) is 2.46. The van der Waals surface area contributed by atoms with Crippen molar-refractivity contribution in [1.82, 2.24) is 10.2 Å². The Kier molecular flexibility index (Phi) is 5.70. The van der Waals surface area contributed by atoms with E-state index >= 15 is 0 Å². The maximum atomic E-state index is 12.0. The molecule has 20 heavy (non-hydrogen) atoms. The lowest BCUT2D eigenvalue weighted by Gasteiger charge is -2.28. The molecule has 1 saturated heterocycles. The molecule has 1 aliphatic rings. The highest BCUT2D eigenvalue weighted by Crippen LogP contribution is 2.22. The molecule has 0 atom stereocenters. The average molecular weight is 315 g/mol. The molecule has 110 valence electrons. The lowest BCUT2D eigenvalue weighted by molar-refractivity contribution is -0.122. The summed E-state index contributed by atoms with van der Waals surface area (Å²) < 4.78 is 0. The topological polar surface area (TPSA) is 32.3 Å². The van der Waals surface area contributed by atoms with Crippen LogP contribution in [0.2, 0.25) is 10.0 Å². The van der Waals surface area contributed by atoms with Crippen molar-refractivity contribution in [3.05, 3.63) is 33.8 Å². The normalized spacial score (nSPS) is 17.1. The van der Waals surface area contributed by atoms with Gasteiger partial charge in [0.15, 0.2) is 0 Å². The summed E-state index contributed by atoms with van der Waals surface area (Å²) in [7, 11) is 2.12. The number of halogens is 2. The molecule has 1 aromatic rings. The van der Waals surface area contributed by atoms with E-state index in [0.717, 1.165) is 31.5 Å². The fraction of sp³-hybridized carbons (Fsp3) is 0.533. The molecule has 0 aliphatic carbocycles. The van der Waals surface area contributed by atoms with Crippen LogP contribution in [0.15, 0.2) is 18.2 Å². The van der Waals surface area contributed by atoms with Gasteiger partial charge in [-0.2, -0.15) is 0 Å². The molecule has 5 heteroatoms. The molecular weight excluding hydrogens is 295 g/mol. The van der Waals surface area contributed by atoms with Crippen molar-refractivity contribution in [2.24, 2.45) is 5.92 Å². The monoisotopic (exact) mass is 314 g/mol. The summed E-state index contributed by atoms with van der Waals surface area (Å²) in [5, 5.41) is 4.14. The third-order valence-electron chi connectivity index (χ3n) is 3.80. The minimum atomic E-state index is 0.102. The Hall–Kier alpha value is -0.770. The molecular formula is C15H20Cl2N2O. The van der Waals surface area contributed by atoms with E-state index < -0.39 is 0 Å². The lowest BCUT2D eigenvalue weighted by atomic mass is 9.93. The molecule has 0 unspecified atom stereocenters. The first-order valence-electron chi connectivity index (χ1n) is 6.94. The Bertz CT molecular complexity index is 471. The SMILES string of the molecule is CN1CCC(CC(=O)NCc2ccc(Cl)cc2Cl)CC1. The fourth-order valence-corrected chi connectivity index (χ4v) is 2.93. The van der Waals surface area contributed by atoms with E-state index in [-0.39, 0.29) is 5.91 Å². The molecule has 1 fully saturated rings. The van der Waals surface area contributed by atoms with Gasteiger partial charge < -0.3 is 10.2 Å². The number of carbonyl (C=O) groups excluding carboxylic acids is 1. The van der Waals surface area contributed by atoms with Crippen molar-refractivity contribution in [2.75, 3.05) is 20.1 Å². The van der Waals surface area contributed by atoms with Crippen molar-refractivity contribution in [3.8, 4) is 0 Å². The molecule has 1 N–H and O–H groups in total. The first-order valence-corrected chi connectivity index (χ1v) is 7.69. The molecule has 1 aliphatic heterocycles. The average Bonchev–Trinajstić information content (AvgIpc) is 2.40. The maximum Gasteiger partial charge on any atom is 0.220 e. The highest BCUT2D eigenvalue weighted by atomic mass is 35.5. The molecule has 3 nitrogen and oxygen atoms in total. The highest BCUT2D eigenvalue weighted by molar-refractivity contribution is 6.35. The smallest absolute Gasteiger partial charge is 0.220 e. The van der Waals surface area contributed by atoms with Crippen LogP contribution in [0.1, 0.15) is 24.8 Å². The van der Waals surface area contributed by atoms with Crippen LogP contribution in [0.25, 0.3) is 0 Å². The first-order chi connectivity index (χ1) is 9.54.